The van der Waals surface area contributed by atoms with E-state index in [1.807, 2.05) is 29.1 Å². The summed E-state index contributed by atoms with van der Waals surface area (Å²) >= 11 is 3.37. The van der Waals surface area contributed by atoms with Gasteiger partial charge in [-0.15, -0.1) is 0 Å². The molecule has 1 aliphatic heterocycles. The Kier molecular flexibility index (Phi) is 3.84. The van der Waals surface area contributed by atoms with Gasteiger partial charge < -0.3 is 10.1 Å². The number of amides is 1. The number of benzene rings is 1. The molecule has 1 fully saturated rings. The fourth-order valence-electron chi connectivity index (χ4n) is 2.18. The lowest BCUT2D eigenvalue weighted by Crippen LogP contribution is -2.12. The van der Waals surface area contributed by atoms with Crippen molar-refractivity contribution in [2.24, 2.45) is 0 Å². The summed E-state index contributed by atoms with van der Waals surface area (Å²) in [6.07, 6.45) is 4.46. The number of carbonyl (C=O) groups is 1. The molecule has 1 aliphatic rings. The van der Waals surface area contributed by atoms with E-state index < -0.39 is 0 Å². The first-order chi connectivity index (χ1) is 9.74. The van der Waals surface area contributed by atoms with Crippen molar-refractivity contribution in [3.8, 4) is 0 Å². The predicted molar refractivity (Wildman–Crippen MR) is 78.8 cm³/mol. The Morgan fingerprint density at radius 2 is 2.30 bits per heavy atom. The van der Waals surface area contributed by atoms with Crippen LogP contribution in [0.1, 0.15) is 22.8 Å². The zero-order chi connectivity index (χ0) is 13.9. The second-order valence-electron chi connectivity index (χ2n) is 4.66. The van der Waals surface area contributed by atoms with Gasteiger partial charge in [-0.3, -0.25) is 9.48 Å². The van der Waals surface area contributed by atoms with E-state index in [-0.39, 0.29) is 11.9 Å². The molecular formula is C14H14BrN3O2. The van der Waals surface area contributed by atoms with E-state index in [2.05, 4.69) is 26.3 Å². The number of halogens is 1. The van der Waals surface area contributed by atoms with Gasteiger partial charge in [-0.1, -0.05) is 12.1 Å². The minimum Gasteiger partial charge on any atom is -0.379 e. The smallest absolute Gasteiger partial charge is 0.256 e. The van der Waals surface area contributed by atoms with Crippen molar-refractivity contribution < 1.29 is 9.53 Å². The summed E-state index contributed by atoms with van der Waals surface area (Å²) < 4.78 is 7.95. The van der Waals surface area contributed by atoms with Gasteiger partial charge in [0.1, 0.15) is 0 Å². The minimum atomic E-state index is -0.153. The van der Waals surface area contributed by atoms with Crippen LogP contribution in [0, 0.1) is 0 Å². The molecule has 1 aromatic carbocycles. The van der Waals surface area contributed by atoms with E-state index in [4.69, 9.17) is 4.74 Å². The average molecular weight is 336 g/mol. The first-order valence-corrected chi connectivity index (χ1v) is 7.21. The van der Waals surface area contributed by atoms with E-state index in [9.17, 15) is 4.79 Å². The number of nitrogens with zero attached hydrogens (tertiary/aromatic N) is 2. The number of hydrogen-bond acceptors (Lipinski definition) is 3. The standard InChI is InChI=1S/C14H14BrN3O2/c15-13-4-2-1-3-12(13)14(19)17-10-7-16-18(8-10)11-5-6-20-9-11/h1-4,7-8,11H,5-6,9H2,(H,17,19)/t11-/m0/s1. The molecule has 0 saturated carbocycles. The van der Waals surface area contributed by atoms with Crippen molar-refractivity contribution in [2.45, 2.75) is 12.5 Å². The third-order valence-electron chi connectivity index (χ3n) is 3.26. The molecule has 104 valence electrons. The van der Waals surface area contributed by atoms with Crippen LogP contribution in [0.2, 0.25) is 0 Å². The van der Waals surface area contributed by atoms with Crippen LogP contribution in [0.3, 0.4) is 0 Å². The van der Waals surface area contributed by atoms with Gasteiger partial charge in [-0.25, -0.2) is 0 Å². The number of anilines is 1. The topological polar surface area (TPSA) is 56.2 Å². The summed E-state index contributed by atoms with van der Waals surface area (Å²) in [5, 5.41) is 7.13. The Morgan fingerprint density at radius 1 is 1.45 bits per heavy atom. The highest BCUT2D eigenvalue weighted by Gasteiger charge is 2.19. The maximum Gasteiger partial charge on any atom is 0.256 e. The van der Waals surface area contributed by atoms with Gasteiger partial charge in [0.2, 0.25) is 0 Å². The highest BCUT2D eigenvalue weighted by Crippen LogP contribution is 2.21. The molecule has 1 atom stereocenters. The lowest BCUT2D eigenvalue weighted by Gasteiger charge is -2.07. The van der Waals surface area contributed by atoms with Crippen LogP contribution in [0.15, 0.2) is 41.1 Å². The number of aromatic nitrogens is 2. The minimum absolute atomic E-state index is 0.153. The second-order valence-corrected chi connectivity index (χ2v) is 5.51. The largest absolute Gasteiger partial charge is 0.379 e. The summed E-state index contributed by atoms with van der Waals surface area (Å²) in [6.45, 7) is 1.45. The molecular weight excluding hydrogens is 322 g/mol. The van der Waals surface area contributed by atoms with Crippen LogP contribution in [0.4, 0.5) is 5.69 Å². The normalized spacial score (nSPS) is 18.1. The summed E-state index contributed by atoms with van der Waals surface area (Å²) in [5.74, 6) is -0.153. The van der Waals surface area contributed by atoms with E-state index in [1.165, 1.54) is 0 Å². The lowest BCUT2D eigenvalue weighted by atomic mass is 10.2. The number of ether oxygens (including phenoxy) is 1. The van der Waals surface area contributed by atoms with Gasteiger partial charge in [0.25, 0.3) is 5.91 Å². The Hall–Kier alpha value is -1.66. The Balaban J connectivity index is 1.72. The first kappa shape index (κ1) is 13.3. The molecule has 1 amide bonds. The van der Waals surface area contributed by atoms with Crippen LogP contribution >= 0.6 is 15.9 Å². The van der Waals surface area contributed by atoms with Gasteiger partial charge >= 0.3 is 0 Å². The molecule has 1 N–H and O–H groups in total. The highest BCUT2D eigenvalue weighted by molar-refractivity contribution is 9.10. The molecule has 0 unspecified atom stereocenters. The summed E-state index contributed by atoms with van der Waals surface area (Å²) in [4.78, 5) is 12.2. The van der Waals surface area contributed by atoms with Crippen LogP contribution in [-0.4, -0.2) is 28.9 Å². The van der Waals surface area contributed by atoms with Crippen molar-refractivity contribution in [3.05, 3.63) is 46.7 Å². The zero-order valence-corrected chi connectivity index (χ0v) is 12.3. The number of rotatable bonds is 3. The molecule has 0 aliphatic carbocycles. The predicted octanol–water partition coefficient (Wildman–Crippen LogP) is 2.86. The summed E-state index contributed by atoms with van der Waals surface area (Å²) in [6, 6.07) is 7.59. The third-order valence-corrected chi connectivity index (χ3v) is 3.95. The van der Waals surface area contributed by atoms with Crippen LogP contribution in [0.5, 0.6) is 0 Å². The molecule has 0 radical (unpaired) electrons. The molecule has 1 aromatic heterocycles. The van der Waals surface area contributed by atoms with Crippen molar-refractivity contribution in [1.82, 2.24) is 9.78 Å². The molecule has 2 heterocycles. The fourth-order valence-corrected chi connectivity index (χ4v) is 2.64. The molecule has 20 heavy (non-hydrogen) atoms. The van der Waals surface area contributed by atoms with E-state index in [0.717, 1.165) is 17.5 Å². The van der Waals surface area contributed by atoms with Gasteiger partial charge in [-0.05, 0) is 34.5 Å². The van der Waals surface area contributed by atoms with Crippen LogP contribution < -0.4 is 5.32 Å². The van der Waals surface area contributed by atoms with E-state index in [0.29, 0.717) is 17.9 Å². The maximum absolute atomic E-state index is 12.2. The monoisotopic (exact) mass is 335 g/mol. The zero-order valence-electron chi connectivity index (χ0n) is 10.8. The lowest BCUT2D eigenvalue weighted by molar-refractivity contribution is 0.102. The van der Waals surface area contributed by atoms with Crippen molar-refractivity contribution in [2.75, 3.05) is 18.5 Å². The van der Waals surface area contributed by atoms with Crippen LogP contribution in [-0.2, 0) is 4.74 Å². The quantitative estimate of drug-likeness (QED) is 0.938. The van der Waals surface area contributed by atoms with Crippen molar-refractivity contribution in [3.63, 3.8) is 0 Å². The van der Waals surface area contributed by atoms with Gasteiger partial charge in [0.15, 0.2) is 0 Å². The highest BCUT2D eigenvalue weighted by atomic mass is 79.9. The van der Waals surface area contributed by atoms with Crippen LogP contribution in [0.25, 0.3) is 0 Å². The molecule has 3 rings (SSSR count). The molecule has 1 saturated heterocycles. The Labute approximate surface area is 125 Å². The fraction of sp³-hybridized carbons (Fsp3) is 0.286. The molecule has 0 bridgehead atoms. The number of hydrogen-bond donors (Lipinski definition) is 1. The van der Waals surface area contributed by atoms with Crippen molar-refractivity contribution >= 4 is 27.5 Å². The Bertz CT molecular complexity index is 620. The number of carbonyl (C=O) groups excluding carboxylic acids is 1. The molecule has 0 spiro atoms. The third kappa shape index (κ3) is 2.76. The van der Waals surface area contributed by atoms with Gasteiger partial charge in [0.05, 0.1) is 30.1 Å². The van der Waals surface area contributed by atoms with E-state index >= 15 is 0 Å². The second kappa shape index (κ2) is 5.76. The molecule has 5 nitrogen and oxygen atoms in total. The summed E-state index contributed by atoms with van der Waals surface area (Å²) in [7, 11) is 0. The summed E-state index contributed by atoms with van der Waals surface area (Å²) in [5.41, 5.74) is 1.29. The SMILES string of the molecule is O=C(Nc1cnn([C@H]2CCOC2)c1)c1ccccc1Br. The molecule has 2 aromatic rings. The average Bonchev–Trinajstić information content (AvgIpc) is 3.09. The maximum atomic E-state index is 12.2. The number of nitrogens with one attached hydrogen (secondary N) is 1. The van der Waals surface area contributed by atoms with Gasteiger partial charge in [-0.2, -0.15) is 5.10 Å². The molecule has 6 heteroatoms. The van der Waals surface area contributed by atoms with Gasteiger partial charge in [0, 0.05) is 17.3 Å². The Morgan fingerprint density at radius 3 is 3.05 bits per heavy atom. The van der Waals surface area contributed by atoms with Crippen molar-refractivity contribution in [1.29, 1.82) is 0 Å². The first-order valence-electron chi connectivity index (χ1n) is 6.42. The van der Waals surface area contributed by atoms with E-state index in [1.54, 1.807) is 12.3 Å².